The number of carboxylic acid groups (broad SMARTS) is 1. The molecule has 3 saturated heterocycles. The summed E-state index contributed by atoms with van der Waals surface area (Å²) in [6, 6.07) is 7.41. The maximum atomic E-state index is 14.9. The van der Waals surface area contributed by atoms with Crippen molar-refractivity contribution in [2.75, 3.05) is 57.7 Å². The largest absolute Gasteiger partial charge is 0.465 e. The average Bonchev–Trinajstić information content (AvgIpc) is 3.81. The second-order valence-corrected chi connectivity index (χ2v) is 14.4. The quantitative estimate of drug-likeness (QED) is 0.160. The van der Waals surface area contributed by atoms with Crippen molar-refractivity contribution in [2.45, 2.75) is 39.2 Å². The third-order valence-corrected chi connectivity index (χ3v) is 10.8. The Labute approximate surface area is 314 Å². The number of alkyl halides is 2. The van der Waals surface area contributed by atoms with Gasteiger partial charge in [-0.1, -0.05) is 6.92 Å². The Balaban J connectivity index is 0.926. The fourth-order valence-electron chi connectivity index (χ4n) is 7.79. The maximum absolute atomic E-state index is 14.9. The van der Waals surface area contributed by atoms with Gasteiger partial charge in [-0.2, -0.15) is 13.2 Å². The predicted octanol–water partition coefficient (Wildman–Crippen LogP) is 5.48. The van der Waals surface area contributed by atoms with Crippen LogP contribution in [0.25, 0.3) is 16.9 Å². The number of imidazole rings is 1. The van der Waals surface area contributed by atoms with E-state index in [2.05, 4.69) is 30.2 Å². The lowest BCUT2D eigenvalue weighted by Crippen LogP contribution is -2.53. The summed E-state index contributed by atoms with van der Waals surface area (Å²) >= 11 is 0. The zero-order chi connectivity index (χ0) is 38.8. The molecule has 292 valence electrons. The molecular weight excluding hydrogens is 724 g/mol. The highest BCUT2D eigenvalue weighted by molar-refractivity contribution is 5.96. The Kier molecular flexibility index (Phi) is 11.1. The van der Waals surface area contributed by atoms with Crippen molar-refractivity contribution in [2.24, 2.45) is 17.8 Å². The van der Waals surface area contributed by atoms with Gasteiger partial charge in [0, 0.05) is 86.9 Å². The first-order chi connectivity index (χ1) is 26.5. The van der Waals surface area contributed by atoms with Crippen molar-refractivity contribution in [3.05, 3.63) is 71.7 Å². The number of fused-ring (bicyclic) bond motifs is 1. The lowest BCUT2D eigenvalue weighted by molar-refractivity contribution is -0.126. The van der Waals surface area contributed by atoms with Crippen LogP contribution in [0.1, 0.15) is 42.1 Å². The second kappa shape index (κ2) is 16.1. The van der Waals surface area contributed by atoms with Gasteiger partial charge in [0.05, 0.1) is 11.9 Å². The van der Waals surface area contributed by atoms with Crippen LogP contribution < -0.4 is 15.4 Å². The number of nitrogens with zero attached hydrogens (tertiary/aromatic N) is 6. The summed E-state index contributed by atoms with van der Waals surface area (Å²) in [5.41, 5.74) is 2.23. The molecule has 1 unspecified atom stereocenters. The Bertz CT molecular complexity index is 2070. The molecule has 1 atom stereocenters. The summed E-state index contributed by atoms with van der Waals surface area (Å²) in [6.07, 6.45) is 6.12. The van der Waals surface area contributed by atoms with Gasteiger partial charge < -0.3 is 35.2 Å². The lowest BCUT2D eigenvalue weighted by atomic mass is 9.94. The molecule has 3 fully saturated rings. The maximum Gasteiger partial charge on any atom is 0.407 e. The molecule has 3 amide bonds. The molecule has 2 aromatic carbocycles. The second-order valence-electron chi connectivity index (χ2n) is 14.4. The zero-order valence-electron chi connectivity index (χ0n) is 30.2. The molecule has 0 bridgehead atoms. The molecule has 4 aromatic rings. The van der Waals surface area contributed by atoms with Gasteiger partial charge >= 0.3 is 12.7 Å². The van der Waals surface area contributed by atoms with Crippen molar-refractivity contribution in [3.63, 3.8) is 0 Å². The summed E-state index contributed by atoms with van der Waals surface area (Å²) in [5.74, 6) is -3.01. The number of anilines is 2. The average molecular weight is 767 g/mol. The Morgan fingerprint density at radius 3 is 2.47 bits per heavy atom. The number of aryl methyl sites for hydroxylation is 1. The molecule has 55 heavy (non-hydrogen) atoms. The first-order valence-corrected chi connectivity index (χ1v) is 18.4. The van der Waals surface area contributed by atoms with Crippen LogP contribution in [0.2, 0.25) is 0 Å². The molecule has 3 aliphatic heterocycles. The minimum atomic E-state index is -3.31. The zero-order valence-corrected chi connectivity index (χ0v) is 30.2. The monoisotopic (exact) mass is 766 g/mol. The fraction of sp³-hybridized carbons (Fsp3) is 0.447. The van der Waals surface area contributed by atoms with Crippen LogP contribution in [-0.4, -0.2) is 111 Å². The standard InChI is InChI=1S/C38H42F4N8O5/c1-2-24-15-26(46-33-34-44-17-29(50(34)14-10-43-33)28-5-6-30(55-37(41)42)32(40)31(28)39)3-4-27(24)36(52)48-12-8-25(9-13-48)35(51)45-16-22-7-11-47(18-22)19-23-20-49(21-23)38(53)54/h3-6,10,14-15,17,22-23,25,37H,2,7-9,11-13,16,18-21H2,1H3,(H,43,46)(H,45,51)(H,53,54). The number of hydrogen-bond acceptors (Lipinski definition) is 8. The Hall–Kier alpha value is -5.45. The van der Waals surface area contributed by atoms with E-state index in [1.807, 2.05) is 13.0 Å². The third-order valence-electron chi connectivity index (χ3n) is 10.8. The molecule has 0 aliphatic carbocycles. The lowest BCUT2D eigenvalue weighted by Gasteiger charge is -2.39. The predicted molar refractivity (Wildman–Crippen MR) is 193 cm³/mol. The highest BCUT2D eigenvalue weighted by Gasteiger charge is 2.34. The minimum Gasteiger partial charge on any atom is -0.465 e. The molecule has 7 rings (SSSR count). The summed E-state index contributed by atoms with van der Waals surface area (Å²) in [5, 5.41) is 15.4. The van der Waals surface area contributed by atoms with Crippen LogP contribution in [0.3, 0.4) is 0 Å². The van der Waals surface area contributed by atoms with E-state index in [1.54, 1.807) is 17.0 Å². The minimum absolute atomic E-state index is 0.0224. The number of ether oxygens (including phenoxy) is 1. The van der Waals surface area contributed by atoms with Crippen LogP contribution in [0.15, 0.2) is 48.9 Å². The molecule has 0 radical (unpaired) electrons. The van der Waals surface area contributed by atoms with E-state index in [0.717, 1.165) is 43.8 Å². The molecule has 5 heterocycles. The summed E-state index contributed by atoms with van der Waals surface area (Å²) < 4.78 is 60.2. The Morgan fingerprint density at radius 1 is 0.964 bits per heavy atom. The number of piperidine rings is 1. The molecule has 2 aromatic heterocycles. The molecule has 0 spiro atoms. The number of carbonyl (C=O) groups is 3. The summed E-state index contributed by atoms with van der Waals surface area (Å²) in [7, 11) is 0. The van der Waals surface area contributed by atoms with Crippen molar-refractivity contribution in [1.82, 2.24) is 34.4 Å². The number of rotatable bonds is 12. The molecule has 17 heteroatoms. The SMILES string of the molecule is CCc1cc(Nc2nccn3c(-c4ccc(OC(F)F)c(F)c4F)cnc23)ccc1C(=O)N1CCC(C(=O)NCC2CCN(CC3CN(C(=O)O)C3)C2)CC1. The van der Waals surface area contributed by atoms with Gasteiger partial charge in [0.25, 0.3) is 5.91 Å². The number of hydrogen-bond donors (Lipinski definition) is 3. The van der Waals surface area contributed by atoms with Crippen LogP contribution in [-0.2, 0) is 11.2 Å². The van der Waals surface area contributed by atoms with Crippen molar-refractivity contribution >= 4 is 35.1 Å². The van der Waals surface area contributed by atoms with E-state index in [1.165, 1.54) is 27.9 Å². The fourth-order valence-corrected chi connectivity index (χ4v) is 7.79. The van der Waals surface area contributed by atoms with E-state index in [-0.39, 0.29) is 29.0 Å². The van der Waals surface area contributed by atoms with E-state index in [0.29, 0.717) is 86.5 Å². The van der Waals surface area contributed by atoms with Crippen molar-refractivity contribution < 1.29 is 41.8 Å². The number of carbonyl (C=O) groups excluding carboxylic acids is 2. The Morgan fingerprint density at radius 2 is 1.75 bits per heavy atom. The normalized spacial score (nSPS) is 18.2. The molecule has 13 nitrogen and oxygen atoms in total. The van der Waals surface area contributed by atoms with Crippen LogP contribution >= 0.6 is 0 Å². The van der Waals surface area contributed by atoms with Crippen LogP contribution in [0.4, 0.5) is 33.9 Å². The first-order valence-electron chi connectivity index (χ1n) is 18.4. The van der Waals surface area contributed by atoms with E-state index in [4.69, 9.17) is 5.11 Å². The number of aromatic nitrogens is 3. The number of nitrogens with one attached hydrogen (secondary N) is 2. The summed E-state index contributed by atoms with van der Waals surface area (Å²) in [6.45, 7) is 4.08. The number of likely N-dealkylation sites (tertiary alicyclic amines) is 3. The van der Waals surface area contributed by atoms with E-state index >= 15 is 0 Å². The van der Waals surface area contributed by atoms with Crippen LogP contribution in [0.5, 0.6) is 5.75 Å². The first kappa shape index (κ1) is 37.8. The van der Waals surface area contributed by atoms with Gasteiger partial charge in [0.1, 0.15) is 0 Å². The highest BCUT2D eigenvalue weighted by atomic mass is 19.3. The molecule has 0 saturated carbocycles. The van der Waals surface area contributed by atoms with Crippen LogP contribution in [0, 0.1) is 29.4 Å². The molecule has 3 aliphatic rings. The number of halogens is 4. The van der Waals surface area contributed by atoms with Gasteiger partial charge in [0.15, 0.2) is 23.0 Å². The molecular formula is C38H42F4N8O5. The smallest absolute Gasteiger partial charge is 0.407 e. The molecule has 3 N–H and O–H groups in total. The van der Waals surface area contributed by atoms with E-state index < -0.39 is 30.1 Å². The summed E-state index contributed by atoms with van der Waals surface area (Å²) in [4.78, 5) is 52.1. The topological polar surface area (TPSA) is 145 Å². The van der Waals surface area contributed by atoms with E-state index in [9.17, 15) is 31.9 Å². The third kappa shape index (κ3) is 8.16. The van der Waals surface area contributed by atoms with Crippen molar-refractivity contribution in [1.29, 1.82) is 0 Å². The highest BCUT2D eigenvalue weighted by Crippen LogP contribution is 2.33. The number of benzene rings is 2. The van der Waals surface area contributed by atoms with Gasteiger partial charge in [-0.3, -0.25) is 14.0 Å². The van der Waals surface area contributed by atoms with Gasteiger partial charge in [-0.25, -0.2) is 19.2 Å². The number of amides is 3. The van der Waals surface area contributed by atoms with Gasteiger partial charge in [-0.05, 0) is 74.0 Å². The van der Waals surface area contributed by atoms with Crippen molar-refractivity contribution in [3.8, 4) is 17.0 Å². The van der Waals surface area contributed by atoms with Gasteiger partial charge in [0.2, 0.25) is 11.7 Å². The van der Waals surface area contributed by atoms with Gasteiger partial charge in [-0.15, -0.1) is 0 Å².